The third kappa shape index (κ3) is 5.66. The minimum Gasteiger partial charge on any atom is -0.248 e. The Labute approximate surface area is 131 Å². The van der Waals surface area contributed by atoms with Crippen molar-refractivity contribution in [1.82, 2.24) is 0 Å². The topological polar surface area (TPSA) is 27.7 Å². The highest BCUT2D eigenvalue weighted by Crippen LogP contribution is 2.50. The summed E-state index contributed by atoms with van der Waals surface area (Å²) in [5.74, 6) is 0. The Balaban J connectivity index is 5.62. The van der Waals surface area contributed by atoms with Crippen LogP contribution in [0, 0.1) is 0 Å². The van der Waals surface area contributed by atoms with Crippen LogP contribution in [0.15, 0.2) is 0 Å². The number of halogens is 15. The predicted molar refractivity (Wildman–Crippen MR) is 44.7 cm³/mol. The van der Waals surface area contributed by atoms with Gasteiger partial charge in [0.2, 0.25) is 0 Å². The first-order chi connectivity index (χ1) is 10.9. The van der Waals surface area contributed by atoms with Crippen molar-refractivity contribution in [2.24, 2.45) is 0 Å². The van der Waals surface area contributed by atoms with Gasteiger partial charge in [-0.2, -0.15) is 65.9 Å². The number of alkyl halides is 15. The Hall–Kier alpha value is -1.17. The van der Waals surface area contributed by atoms with E-state index in [2.05, 4.69) is 0 Å². The second kappa shape index (κ2) is 6.47. The second-order valence-electron chi connectivity index (χ2n) is 4.20. The highest BCUT2D eigenvalue weighted by Gasteiger charge is 2.76. The van der Waals surface area contributed by atoms with Crippen LogP contribution in [0.1, 0.15) is 6.92 Å². The standard InChI is InChI=1S/C8H3F15O3/c1-2(9,10)24-5(16,17)6(18,19)26-8(22,23)7(20,21)25-4(14,15)3(11,12)13/h1H3. The van der Waals surface area contributed by atoms with Crippen LogP contribution in [0.3, 0.4) is 0 Å². The van der Waals surface area contributed by atoms with Gasteiger partial charge in [-0.1, -0.05) is 0 Å². The smallest absolute Gasteiger partial charge is 0.248 e. The SMILES string of the molecule is CC(F)(F)OC(F)(F)C(F)(F)OC(F)(F)C(F)(F)OC(F)(F)C(F)(F)F. The maximum absolute atomic E-state index is 12.7. The second-order valence-corrected chi connectivity index (χ2v) is 4.20. The molecule has 0 atom stereocenters. The van der Waals surface area contributed by atoms with Crippen LogP contribution < -0.4 is 0 Å². The maximum atomic E-state index is 12.7. The average Bonchev–Trinajstić information content (AvgIpc) is 2.19. The van der Waals surface area contributed by atoms with E-state index in [0.29, 0.717) is 0 Å². The van der Waals surface area contributed by atoms with E-state index in [4.69, 9.17) is 0 Å². The summed E-state index contributed by atoms with van der Waals surface area (Å²) in [5.41, 5.74) is 0. The molecule has 0 fully saturated rings. The lowest BCUT2D eigenvalue weighted by atomic mass is 10.5. The molecule has 0 radical (unpaired) electrons. The van der Waals surface area contributed by atoms with Gasteiger partial charge in [-0.05, 0) is 0 Å². The Morgan fingerprint density at radius 1 is 0.385 bits per heavy atom. The molecule has 18 heteroatoms. The molecule has 0 aromatic rings. The maximum Gasteiger partial charge on any atom is 0.483 e. The fraction of sp³-hybridized carbons (Fsp3) is 1.00. The van der Waals surface area contributed by atoms with Crippen LogP contribution in [-0.4, -0.2) is 42.8 Å². The first kappa shape index (κ1) is 24.8. The van der Waals surface area contributed by atoms with Gasteiger partial charge in [0, 0.05) is 6.92 Å². The highest BCUT2D eigenvalue weighted by molar-refractivity contribution is 4.78. The zero-order valence-corrected chi connectivity index (χ0v) is 11.4. The molecule has 0 aliphatic carbocycles. The molecule has 26 heavy (non-hydrogen) atoms. The third-order valence-corrected chi connectivity index (χ3v) is 1.83. The molecule has 0 saturated heterocycles. The summed E-state index contributed by atoms with van der Waals surface area (Å²) in [6.07, 6.45) is -47.7. The van der Waals surface area contributed by atoms with Gasteiger partial charge in [-0.3, -0.25) is 0 Å². The summed E-state index contributed by atoms with van der Waals surface area (Å²) in [7, 11) is 0. The largest absolute Gasteiger partial charge is 0.483 e. The fourth-order valence-corrected chi connectivity index (χ4v) is 0.843. The molecule has 0 amide bonds. The number of ether oxygens (including phenoxy) is 3. The van der Waals surface area contributed by atoms with Gasteiger partial charge < -0.3 is 0 Å². The molecule has 0 rings (SSSR count). The van der Waals surface area contributed by atoms with Crippen molar-refractivity contribution >= 4 is 0 Å². The van der Waals surface area contributed by atoms with Gasteiger partial charge in [-0.25, -0.2) is 14.2 Å². The predicted octanol–water partition coefficient (Wildman–Crippen LogP) is 5.18. The zero-order chi connectivity index (χ0) is 21.6. The Kier molecular flexibility index (Phi) is 6.17. The van der Waals surface area contributed by atoms with Crippen molar-refractivity contribution in [2.75, 3.05) is 0 Å². The van der Waals surface area contributed by atoms with Crippen LogP contribution >= 0.6 is 0 Å². The molecule has 0 aliphatic rings. The van der Waals surface area contributed by atoms with Gasteiger partial charge >= 0.3 is 42.8 Å². The molecule has 0 unspecified atom stereocenters. The van der Waals surface area contributed by atoms with Crippen molar-refractivity contribution in [3.8, 4) is 0 Å². The molecule has 0 spiro atoms. The summed E-state index contributed by atoms with van der Waals surface area (Å²) < 4.78 is 190. The Morgan fingerprint density at radius 2 is 0.615 bits per heavy atom. The Bertz CT molecular complexity index is 490. The van der Waals surface area contributed by atoms with Crippen molar-refractivity contribution in [2.45, 2.75) is 49.8 Å². The molecule has 3 nitrogen and oxygen atoms in total. The van der Waals surface area contributed by atoms with Gasteiger partial charge in [0.25, 0.3) is 0 Å². The monoisotopic (exact) mass is 432 g/mol. The average molecular weight is 432 g/mol. The van der Waals surface area contributed by atoms with Crippen molar-refractivity contribution < 1.29 is 80.1 Å². The summed E-state index contributed by atoms with van der Waals surface area (Å²) in [5, 5.41) is 0. The van der Waals surface area contributed by atoms with E-state index < -0.39 is 49.8 Å². The van der Waals surface area contributed by atoms with Crippen molar-refractivity contribution in [3.63, 3.8) is 0 Å². The van der Waals surface area contributed by atoms with E-state index >= 15 is 0 Å². The number of hydrogen-bond acceptors (Lipinski definition) is 3. The van der Waals surface area contributed by atoms with E-state index in [-0.39, 0.29) is 0 Å². The summed E-state index contributed by atoms with van der Waals surface area (Å²) in [6.45, 7) is -0.628. The third-order valence-electron chi connectivity index (χ3n) is 1.83. The zero-order valence-electron chi connectivity index (χ0n) is 11.4. The minimum absolute atomic E-state index is 0.628. The van der Waals surface area contributed by atoms with Crippen molar-refractivity contribution in [3.05, 3.63) is 0 Å². The van der Waals surface area contributed by atoms with Crippen LogP contribution in [0.2, 0.25) is 0 Å². The van der Waals surface area contributed by atoms with E-state index in [0.717, 1.165) is 0 Å². The van der Waals surface area contributed by atoms with Crippen molar-refractivity contribution in [1.29, 1.82) is 0 Å². The molecule has 158 valence electrons. The number of hydrogen-bond donors (Lipinski definition) is 0. The molecule has 0 aromatic heterocycles. The lowest BCUT2D eigenvalue weighted by molar-refractivity contribution is -0.566. The van der Waals surface area contributed by atoms with Gasteiger partial charge in [-0.15, -0.1) is 0 Å². The van der Waals surface area contributed by atoms with E-state index in [1.54, 1.807) is 0 Å². The van der Waals surface area contributed by atoms with Gasteiger partial charge in [0.05, 0.1) is 0 Å². The summed E-state index contributed by atoms with van der Waals surface area (Å²) >= 11 is 0. The molecule has 0 aliphatic heterocycles. The van der Waals surface area contributed by atoms with Crippen LogP contribution in [0.5, 0.6) is 0 Å². The molecule has 0 heterocycles. The molecule has 0 saturated carbocycles. The lowest BCUT2D eigenvalue weighted by Gasteiger charge is -2.34. The number of rotatable bonds is 8. The van der Waals surface area contributed by atoms with E-state index in [9.17, 15) is 65.9 Å². The van der Waals surface area contributed by atoms with Gasteiger partial charge in [0.15, 0.2) is 0 Å². The molecular formula is C8H3F15O3. The highest BCUT2D eigenvalue weighted by atomic mass is 19.4. The van der Waals surface area contributed by atoms with Crippen LogP contribution in [-0.2, 0) is 14.2 Å². The van der Waals surface area contributed by atoms with E-state index in [1.165, 1.54) is 9.47 Å². The van der Waals surface area contributed by atoms with Gasteiger partial charge in [0.1, 0.15) is 0 Å². The molecule has 0 N–H and O–H groups in total. The summed E-state index contributed by atoms with van der Waals surface area (Å²) in [6, 6.07) is 0. The Morgan fingerprint density at radius 3 is 0.846 bits per heavy atom. The first-order valence-electron chi connectivity index (χ1n) is 5.31. The van der Waals surface area contributed by atoms with Crippen LogP contribution in [0.25, 0.3) is 0 Å². The summed E-state index contributed by atoms with van der Waals surface area (Å²) in [4.78, 5) is 0. The minimum atomic E-state index is -7.30. The lowest BCUT2D eigenvalue weighted by Crippen LogP contribution is -2.58. The molecule has 0 aromatic carbocycles. The fourth-order valence-electron chi connectivity index (χ4n) is 0.843. The first-order valence-corrected chi connectivity index (χ1v) is 5.31. The van der Waals surface area contributed by atoms with Crippen LogP contribution in [0.4, 0.5) is 65.9 Å². The molecular weight excluding hydrogens is 429 g/mol. The molecule has 0 bridgehead atoms. The van der Waals surface area contributed by atoms with E-state index in [1.807, 2.05) is 4.74 Å². The normalized spacial score (nSPS) is 16.2. The quantitative estimate of drug-likeness (QED) is 0.496.